The fourth-order valence-electron chi connectivity index (χ4n) is 2.77. The smallest absolute Gasteiger partial charge is 0.165 e. The Bertz CT molecular complexity index is 890. The molecule has 1 N–H and O–H groups in total. The Morgan fingerprint density at radius 1 is 1.10 bits per heavy atom. The van der Waals surface area contributed by atoms with Crippen LogP contribution in [0, 0.1) is 17.1 Å². The second-order valence-electron chi connectivity index (χ2n) is 7.45. The maximum absolute atomic E-state index is 14.5. The minimum Gasteiger partial charge on any atom is -0.489 e. The molecule has 2 aromatic rings. The van der Waals surface area contributed by atoms with Crippen LogP contribution in [0.3, 0.4) is 0 Å². The SMILES string of the molecule is CN(C)C=Nc1ccc(-c2ccc(OCCNCCCN(C)C)c(F)c2)cc1C#N. The molecule has 0 saturated heterocycles. The zero-order chi connectivity index (χ0) is 21.9. The molecule has 0 aliphatic rings. The van der Waals surface area contributed by atoms with E-state index in [1.165, 1.54) is 6.07 Å². The molecular weight excluding hydrogens is 381 g/mol. The van der Waals surface area contributed by atoms with Gasteiger partial charge in [0.1, 0.15) is 12.7 Å². The van der Waals surface area contributed by atoms with Gasteiger partial charge in [-0.05, 0) is 69.0 Å². The molecule has 0 aliphatic heterocycles. The third kappa shape index (κ3) is 7.47. The fraction of sp³-hybridized carbons (Fsp3) is 0.391. The van der Waals surface area contributed by atoms with Gasteiger partial charge in [-0.25, -0.2) is 9.38 Å². The van der Waals surface area contributed by atoms with E-state index in [-0.39, 0.29) is 5.75 Å². The minimum absolute atomic E-state index is 0.224. The minimum atomic E-state index is -0.423. The summed E-state index contributed by atoms with van der Waals surface area (Å²) in [5, 5.41) is 12.7. The third-order valence-electron chi connectivity index (χ3n) is 4.31. The first-order valence-corrected chi connectivity index (χ1v) is 9.93. The molecular formula is C23H30FN5O. The van der Waals surface area contributed by atoms with E-state index in [4.69, 9.17) is 4.74 Å². The first-order chi connectivity index (χ1) is 14.4. The van der Waals surface area contributed by atoms with Gasteiger partial charge in [-0.3, -0.25) is 0 Å². The first-order valence-electron chi connectivity index (χ1n) is 9.93. The van der Waals surface area contributed by atoms with Gasteiger partial charge in [-0.15, -0.1) is 0 Å². The standard InChI is InChI=1S/C23H30FN5O/c1-28(2)12-5-10-26-11-13-30-23-9-7-19(15-21(23)24)18-6-8-22(20(14-18)16-25)27-17-29(3)4/h6-9,14-15,17,26H,5,10-13H2,1-4H3. The van der Waals surface area contributed by atoms with Gasteiger partial charge in [0.2, 0.25) is 0 Å². The Morgan fingerprint density at radius 3 is 2.50 bits per heavy atom. The zero-order valence-corrected chi connectivity index (χ0v) is 18.2. The molecule has 0 fully saturated rings. The molecule has 0 spiro atoms. The van der Waals surface area contributed by atoms with Crippen LogP contribution in [0.2, 0.25) is 0 Å². The van der Waals surface area contributed by atoms with Crippen LogP contribution in [0.25, 0.3) is 11.1 Å². The van der Waals surface area contributed by atoms with E-state index in [2.05, 4.69) is 21.3 Å². The Balaban J connectivity index is 1.97. The van der Waals surface area contributed by atoms with Crippen molar-refractivity contribution in [3.05, 3.63) is 47.8 Å². The molecule has 30 heavy (non-hydrogen) atoms. The van der Waals surface area contributed by atoms with Gasteiger partial charge >= 0.3 is 0 Å². The Hall–Kier alpha value is -2.95. The van der Waals surface area contributed by atoms with E-state index in [0.717, 1.165) is 25.1 Å². The quantitative estimate of drug-likeness (QED) is 0.348. The first kappa shape index (κ1) is 23.3. The fourth-order valence-corrected chi connectivity index (χ4v) is 2.77. The van der Waals surface area contributed by atoms with Crippen molar-refractivity contribution in [2.45, 2.75) is 6.42 Å². The monoisotopic (exact) mass is 411 g/mol. The summed E-state index contributed by atoms with van der Waals surface area (Å²) in [5.74, 6) is -0.199. The summed E-state index contributed by atoms with van der Waals surface area (Å²) < 4.78 is 20.0. The summed E-state index contributed by atoms with van der Waals surface area (Å²) in [7, 11) is 7.81. The average molecular weight is 412 g/mol. The van der Waals surface area contributed by atoms with Crippen molar-refractivity contribution in [2.75, 3.05) is 54.4 Å². The molecule has 2 rings (SSSR count). The normalized spacial score (nSPS) is 11.1. The number of halogens is 1. The van der Waals surface area contributed by atoms with E-state index in [1.54, 1.807) is 35.5 Å². The van der Waals surface area contributed by atoms with Crippen LogP contribution < -0.4 is 10.1 Å². The molecule has 0 heterocycles. The predicted octanol–water partition coefficient (Wildman–Crippen LogP) is 3.51. The highest BCUT2D eigenvalue weighted by atomic mass is 19.1. The molecule has 0 aromatic heterocycles. The number of nitriles is 1. The van der Waals surface area contributed by atoms with Crippen LogP contribution >= 0.6 is 0 Å². The van der Waals surface area contributed by atoms with Gasteiger partial charge < -0.3 is 19.9 Å². The largest absolute Gasteiger partial charge is 0.489 e. The lowest BCUT2D eigenvalue weighted by atomic mass is 10.0. The summed E-state index contributed by atoms with van der Waals surface area (Å²) in [6, 6.07) is 12.3. The summed E-state index contributed by atoms with van der Waals surface area (Å²) in [5.41, 5.74) is 2.45. The summed E-state index contributed by atoms with van der Waals surface area (Å²) in [6.07, 6.45) is 2.69. The van der Waals surface area contributed by atoms with Gasteiger partial charge in [0.25, 0.3) is 0 Å². The highest BCUT2D eigenvalue weighted by molar-refractivity contribution is 5.72. The molecule has 0 atom stereocenters. The van der Waals surface area contributed by atoms with E-state index < -0.39 is 5.82 Å². The van der Waals surface area contributed by atoms with E-state index in [1.807, 2.05) is 34.3 Å². The number of ether oxygens (including phenoxy) is 1. The molecule has 0 aliphatic carbocycles. The Labute approximate surface area is 178 Å². The summed E-state index contributed by atoms with van der Waals surface area (Å²) in [4.78, 5) is 8.22. The van der Waals surface area contributed by atoms with Crippen LogP contribution in [0.1, 0.15) is 12.0 Å². The second-order valence-corrected chi connectivity index (χ2v) is 7.45. The number of nitrogens with zero attached hydrogens (tertiary/aromatic N) is 4. The Morgan fingerprint density at radius 2 is 1.83 bits per heavy atom. The molecule has 0 unspecified atom stereocenters. The average Bonchev–Trinajstić information content (AvgIpc) is 2.72. The van der Waals surface area contributed by atoms with Crippen molar-refractivity contribution >= 4 is 12.0 Å². The lowest BCUT2D eigenvalue weighted by molar-refractivity contribution is 0.297. The van der Waals surface area contributed by atoms with Gasteiger partial charge in [-0.1, -0.05) is 12.1 Å². The van der Waals surface area contributed by atoms with Crippen molar-refractivity contribution in [2.24, 2.45) is 4.99 Å². The highest BCUT2D eigenvalue weighted by Gasteiger charge is 2.09. The maximum Gasteiger partial charge on any atom is 0.165 e. The van der Waals surface area contributed by atoms with Crippen LogP contribution in [0.15, 0.2) is 41.4 Å². The molecule has 0 saturated carbocycles. The zero-order valence-electron chi connectivity index (χ0n) is 18.2. The Kier molecular flexibility index (Phi) is 9.26. The number of benzene rings is 2. The van der Waals surface area contributed by atoms with Crippen molar-refractivity contribution in [1.29, 1.82) is 5.26 Å². The molecule has 2 aromatic carbocycles. The number of rotatable bonds is 11. The van der Waals surface area contributed by atoms with Crippen LogP contribution in [0.4, 0.5) is 10.1 Å². The molecule has 160 valence electrons. The lowest BCUT2D eigenvalue weighted by Crippen LogP contribution is -2.25. The van der Waals surface area contributed by atoms with Gasteiger partial charge in [0.15, 0.2) is 11.6 Å². The van der Waals surface area contributed by atoms with E-state index >= 15 is 0 Å². The van der Waals surface area contributed by atoms with Crippen LogP contribution in [-0.2, 0) is 0 Å². The molecule has 0 bridgehead atoms. The van der Waals surface area contributed by atoms with Crippen LogP contribution in [-0.4, -0.2) is 70.6 Å². The van der Waals surface area contributed by atoms with Crippen molar-refractivity contribution in [1.82, 2.24) is 15.1 Å². The maximum atomic E-state index is 14.5. The second kappa shape index (κ2) is 11.9. The van der Waals surface area contributed by atoms with Gasteiger partial charge in [0.05, 0.1) is 17.6 Å². The summed E-state index contributed by atoms with van der Waals surface area (Å²) in [6.45, 7) is 2.99. The lowest BCUT2D eigenvalue weighted by Gasteiger charge is -2.11. The third-order valence-corrected chi connectivity index (χ3v) is 4.31. The van der Waals surface area contributed by atoms with Crippen LogP contribution in [0.5, 0.6) is 5.75 Å². The van der Waals surface area contributed by atoms with Gasteiger partial charge in [0, 0.05) is 20.6 Å². The molecule has 7 heteroatoms. The topological polar surface area (TPSA) is 63.9 Å². The highest BCUT2D eigenvalue weighted by Crippen LogP contribution is 2.29. The molecule has 6 nitrogen and oxygen atoms in total. The molecule has 0 radical (unpaired) electrons. The summed E-state index contributed by atoms with van der Waals surface area (Å²) >= 11 is 0. The number of hydrogen-bond acceptors (Lipinski definition) is 5. The number of aliphatic imine (C=N–C) groups is 1. The van der Waals surface area contributed by atoms with E-state index in [0.29, 0.717) is 30.0 Å². The predicted molar refractivity (Wildman–Crippen MR) is 120 cm³/mol. The van der Waals surface area contributed by atoms with E-state index in [9.17, 15) is 9.65 Å². The number of nitrogens with one attached hydrogen (secondary N) is 1. The molecule has 0 amide bonds. The van der Waals surface area contributed by atoms with Crippen molar-refractivity contribution in [3.63, 3.8) is 0 Å². The van der Waals surface area contributed by atoms with Crippen molar-refractivity contribution < 1.29 is 9.13 Å². The van der Waals surface area contributed by atoms with Gasteiger partial charge in [-0.2, -0.15) is 5.26 Å². The number of hydrogen-bond donors (Lipinski definition) is 1. The van der Waals surface area contributed by atoms with Crippen molar-refractivity contribution in [3.8, 4) is 22.9 Å².